The van der Waals surface area contributed by atoms with Crippen LogP contribution in [0.2, 0.25) is 0 Å². The zero-order valence-electron chi connectivity index (χ0n) is 19.2. The number of nitrogens with zero attached hydrogens (tertiary/aromatic N) is 1. The molecule has 3 unspecified atom stereocenters. The third-order valence-corrected chi connectivity index (χ3v) is 7.09. The maximum Gasteiger partial charge on any atom is 0.260 e. The average Bonchev–Trinajstić information content (AvgIpc) is 3.09. The van der Waals surface area contributed by atoms with E-state index in [1.165, 1.54) is 12.1 Å². The molecule has 176 valence electrons. The second kappa shape index (κ2) is 8.55. The zero-order chi connectivity index (χ0) is 24.7. The van der Waals surface area contributed by atoms with Crippen LogP contribution < -0.4 is 5.43 Å². The highest BCUT2D eigenvalue weighted by Crippen LogP contribution is 2.57. The topological polar surface area (TPSA) is 69.6 Å². The number of hydrogen-bond donors (Lipinski definition) is 2. The predicted octanol–water partition coefficient (Wildman–Crippen LogP) is 5.39. The van der Waals surface area contributed by atoms with Crippen LogP contribution in [0.25, 0.3) is 0 Å². The summed E-state index contributed by atoms with van der Waals surface area (Å²) in [5.41, 5.74) is 5.25. The summed E-state index contributed by atoms with van der Waals surface area (Å²) in [5.74, 6) is -3.41. The van der Waals surface area contributed by atoms with Crippen molar-refractivity contribution < 1.29 is 19.1 Å². The predicted molar refractivity (Wildman–Crippen MR) is 132 cm³/mol. The molecule has 2 N–H and O–H groups in total. The van der Waals surface area contributed by atoms with Gasteiger partial charge in [0.05, 0.1) is 17.0 Å². The second-order valence-electron chi connectivity index (χ2n) is 9.03. The fraction of sp³-hybridized carbons (Fsp3) is 0.172. The van der Waals surface area contributed by atoms with Gasteiger partial charge >= 0.3 is 0 Å². The van der Waals surface area contributed by atoms with Crippen LogP contribution in [-0.2, 0) is 15.0 Å². The van der Waals surface area contributed by atoms with Gasteiger partial charge in [-0.1, -0.05) is 72.8 Å². The van der Waals surface area contributed by atoms with Gasteiger partial charge in [0.1, 0.15) is 0 Å². The summed E-state index contributed by atoms with van der Waals surface area (Å²) in [6, 6.07) is 20.7. The molecule has 35 heavy (non-hydrogen) atoms. The molecule has 3 aromatic rings. The molecule has 1 aliphatic heterocycles. The van der Waals surface area contributed by atoms with E-state index in [4.69, 9.17) is 0 Å². The van der Waals surface area contributed by atoms with Crippen LogP contribution in [0.5, 0.6) is 5.75 Å². The van der Waals surface area contributed by atoms with Gasteiger partial charge in [0.25, 0.3) is 11.8 Å². The Morgan fingerprint density at radius 3 is 2.46 bits per heavy atom. The fourth-order valence-electron chi connectivity index (χ4n) is 5.46. The van der Waals surface area contributed by atoms with Gasteiger partial charge in [0.2, 0.25) is 0 Å². The standard InChI is InChI=1S/C29H25FN2O3/c1-3-19-11-15-23-27(34)32(31-22-13-9-18(2)10-14-22)28(35)29(23,21-7-5-4-6-8-21)26(19)20-12-16-25(33)24(30)17-20/h3-14,16-17,23,26,31,33H,1,15H2,2H3. The smallest absolute Gasteiger partial charge is 0.260 e. The van der Waals surface area contributed by atoms with E-state index in [0.717, 1.165) is 16.1 Å². The van der Waals surface area contributed by atoms with Crippen LogP contribution >= 0.6 is 0 Å². The van der Waals surface area contributed by atoms with Gasteiger partial charge in [-0.3, -0.25) is 15.0 Å². The summed E-state index contributed by atoms with van der Waals surface area (Å²) in [6.07, 6.45) is 3.89. The summed E-state index contributed by atoms with van der Waals surface area (Å²) in [5, 5.41) is 10.9. The minimum absolute atomic E-state index is 0.337. The molecule has 3 aromatic carbocycles. The summed E-state index contributed by atoms with van der Waals surface area (Å²) in [6.45, 7) is 5.90. The number of phenolic OH excluding ortho intramolecular Hbond substituents is 1. The number of benzene rings is 3. The fourth-order valence-corrected chi connectivity index (χ4v) is 5.46. The highest BCUT2D eigenvalue weighted by atomic mass is 19.1. The number of halogens is 1. The maximum atomic E-state index is 14.5. The number of hydrazine groups is 1. The summed E-state index contributed by atoms with van der Waals surface area (Å²) in [7, 11) is 0. The van der Waals surface area contributed by atoms with Crippen molar-refractivity contribution in [1.82, 2.24) is 5.01 Å². The van der Waals surface area contributed by atoms with Crippen LogP contribution in [0.4, 0.5) is 10.1 Å². The number of phenols is 1. The molecule has 1 aliphatic carbocycles. The molecule has 1 saturated heterocycles. The highest BCUT2D eigenvalue weighted by Gasteiger charge is 2.65. The van der Waals surface area contributed by atoms with Crippen LogP contribution in [0.15, 0.2) is 97.1 Å². The van der Waals surface area contributed by atoms with Gasteiger partial charge in [-0.2, -0.15) is 5.01 Å². The van der Waals surface area contributed by atoms with Gasteiger partial charge in [0, 0.05) is 5.92 Å². The molecule has 1 fully saturated rings. The Bertz CT molecular complexity index is 1350. The van der Waals surface area contributed by atoms with Crippen molar-refractivity contribution in [2.45, 2.75) is 24.7 Å². The van der Waals surface area contributed by atoms with Crippen molar-refractivity contribution in [3.8, 4) is 5.75 Å². The molecule has 0 aromatic heterocycles. The molecule has 0 bridgehead atoms. The van der Waals surface area contributed by atoms with Crippen LogP contribution in [-0.4, -0.2) is 21.9 Å². The van der Waals surface area contributed by atoms with E-state index in [2.05, 4.69) is 12.0 Å². The van der Waals surface area contributed by atoms with E-state index < -0.39 is 34.7 Å². The van der Waals surface area contributed by atoms with E-state index in [1.54, 1.807) is 12.1 Å². The molecule has 2 amide bonds. The number of amides is 2. The molecule has 3 atom stereocenters. The lowest BCUT2D eigenvalue weighted by atomic mass is 9.56. The third kappa shape index (κ3) is 3.44. The molecular weight excluding hydrogens is 443 g/mol. The van der Waals surface area contributed by atoms with E-state index in [1.807, 2.05) is 67.6 Å². The summed E-state index contributed by atoms with van der Waals surface area (Å²) < 4.78 is 14.5. The number of aromatic hydroxyl groups is 1. The van der Waals surface area contributed by atoms with Crippen molar-refractivity contribution in [3.63, 3.8) is 0 Å². The number of nitrogens with one attached hydrogen (secondary N) is 1. The van der Waals surface area contributed by atoms with E-state index in [9.17, 15) is 19.1 Å². The highest BCUT2D eigenvalue weighted by molar-refractivity contribution is 6.12. The quantitative estimate of drug-likeness (QED) is 0.493. The first kappa shape index (κ1) is 22.6. The third-order valence-electron chi connectivity index (χ3n) is 7.09. The van der Waals surface area contributed by atoms with Gasteiger partial charge < -0.3 is 5.11 Å². The van der Waals surface area contributed by atoms with Crippen molar-refractivity contribution in [1.29, 1.82) is 0 Å². The van der Waals surface area contributed by atoms with Crippen LogP contribution in [0.1, 0.15) is 29.0 Å². The number of allylic oxidation sites excluding steroid dienone is 3. The van der Waals surface area contributed by atoms with Gasteiger partial charge in [-0.05, 0) is 54.3 Å². The lowest BCUT2D eigenvalue weighted by Gasteiger charge is -2.43. The second-order valence-corrected chi connectivity index (χ2v) is 9.03. The number of aryl methyl sites for hydroxylation is 1. The SMILES string of the molecule is C=CC1=CCC2C(=O)N(Nc3ccc(C)cc3)C(=O)C2(c2ccccc2)C1c1ccc(O)c(F)c1. The average molecular weight is 469 g/mol. The van der Waals surface area contributed by atoms with Gasteiger partial charge in [-0.15, -0.1) is 0 Å². The number of rotatable bonds is 5. The van der Waals surface area contributed by atoms with E-state index in [0.29, 0.717) is 23.2 Å². The van der Waals surface area contributed by atoms with Crippen LogP contribution in [0.3, 0.4) is 0 Å². The number of carbonyl (C=O) groups is 2. The maximum absolute atomic E-state index is 14.5. The molecule has 0 radical (unpaired) electrons. The molecule has 5 nitrogen and oxygen atoms in total. The lowest BCUT2D eigenvalue weighted by molar-refractivity contribution is -0.138. The number of fused-ring (bicyclic) bond motifs is 1. The van der Waals surface area contributed by atoms with Crippen molar-refractivity contribution in [2.75, 3.05) is 5.43 Å². The first-order chi connectivity index (χ1) is 16.9. The van der Waals surface area contributed by atoms with Gasteiger partial charge in [0.15, 0.2) is 11.6 Å². The van der Waals surface area contributed by atoms with E-state index in [-0.39, 0.29) is 5.91 Å². The van der Waals surface area contributed by atoms with Crippen LogP contribution in [0, 0.1) is 18.7 Å². The zero-order valence-corrected chi connectivity index (χ0v) is 19.2. The Hall–Kier alpha value is -4.19. The van der Waals surface area contributed by atoms with Crippen molar-refractivity contribution >= 4 is 17.5 Å². The molecular formula is C29H25FN2O3. The Morgan fingerprint density at radius 2 is 1.80 bits per heavy atom. The molecule has 0 saturated carbocycles. The normalized spacial score (nSPS) is 23.6. The largest absolute Gasteiger partial charge is 0.505 e. The lowest BCUT2D eigenvalue weighted by Crippen LogP contribution is -2.48. The minimum Gasteiger partial charge on any atom is -0.505 e. The first-order valence-electron chi connectivity index (χ1n) is 11.5. The number of imide groups is 1. The van der Waals surface area contributed by atoms with E-state index >= 15 is 0 Å². The Labute approximate surface area is 203 Å². The Balaban J connectivity index is 1.72. The van der Waals surface area contributed by atoms with Crippen molar-refractivity contribution in [2.24, 2.45) is 5.92 Å². The monoisotopic (exact) mass is 468 g/mol. The van der Waals surface area contributed by atoms with Gasteiger partial charge in [-0.25, -0.2) is 4.39 Å². The summed E-state index contributed by atoms with van der Waals surface area (Å²) >= 11 is 0. The molecule has 2 aliphatic rings. The Kier molecular flexibility index (Phi) is 5.52. The van der Waals surface area contributed by atoms with Crippen molar-refractivity contribution in [3.05, 3.63) is 120 Å². The first-order valence-corrected chi connectivity index (χ1v) is 11.5. The summed E-state index contributed by atoms with van der Waals surface area (Å²) in [4.78, 5) is 28.1. The molecule has 5 rings (SSSR count). The number of hydrogen-bond acceptors (Lipinski definition) is 4. The molecule has 0 spiro atoms. The number of carbonyl (C=O) groups excluding carboxylic acids is 2. The molecule has 6 heteroatoms. The Morgan fingerprint density at radius 1 is 1.09 bits per heavy atom. The number of anilines is 1. The minimum atomic E-state index is -1.32. The molecule has 1 heterocycles.